The normalized spacial score (nSPS) is 27.9. The van der Waals surface area contributed by atoms with Gasteiger partial charge in [-0.15, -0.1) is 0 Å². The van der Waals surface area contributed by atoms with Gasteiger partial charge in [0.15, 0.2) is 18.4 Å². The van der Waals surface area contributed by atoms with Crippen LogP contribution in [0.4, 0.5) is 13.2 Å². The molecule has 63 heavy (non-hydrogen) atoms. The number of benzene rings is 2. The predicted octanol–water partition coefficient (Wildman–Crippen LogP) is 4.43. The highest BCUT2D eigenvalue weighted by atomic mass is 19.4. The second-order valence-electron chi connectivity index (χ2n) is 18.3. The van der Waals surface area contributed by atoms with E-state index < -0.39 is 102 Å². The van der Waals surface area contributed by atoms with E-state index in [2.05, 4.69) is 15.4 Å². The van der Waals surface area contributed by atoms with Crippen LogP contribution in [0.15, 0.2) is 54.6 Å². The number of nitrogens with zero attached hydrogens (tertiary/aromatic N) is 1. The fourth-order valence-corrected chi connectivity index (χ4v) is 9.28. The van der Waals surface area contributed by atoms with Crippen LogP contribution < -0.4 is 10.6 Å². The monoisotopic (exact) mass is 883 g/mol. The number of hydrogen-bond acceptors (Lipinski definition) is 13. The van der Waals surface area contributed by atoms with Crippen LogP contribution in [0, 0.1) is 17.3 Å². The Balaban J connectivity index is 0.989. The van der Waals surface area contributed by atoms with Gasteiger partial charge in [-0.3, -0.25) is 24.0 Å². The average Bonchev–Trinajstić information content (AvgIpc) is 4.18. The first-order chi connectivity index (χ1) is 29.9. The quantitative estimate of drug-likeness (QED) is 0.122. The molecule has 2 aromatic carbocycles. The van der Waals surface area contributed by atoms with E-state index in [1.807, 2.05) is 0 Å². The average molecular weight is 884 g/mol. The number of ether oxygens (including phenoxy) is 5. The molecule has 3 N–H and O–H groups in total. The Morgan fingerprint density at radius 2 is 1.68 bits per heavy atom. The smallest absolute Gasteiger partial charge is 0.422 e. The van der Waals surface area contributed by atoms with Crippen molar-refractivity contribution in [2.24, 2.45) is 17.3 Å². The third-order valence-electron chi connectivity index (χ3n) is 12.3. The van der Waals surface area contributed by atoms with Crippen molar-refractivity contribution in [3.05, 3.63) is 76.9 Å². The molecule has 3 aliphatic carbocycles. The Kier molecular flexibility index (Phi) is 12.2. The first-order valence-corrected chi connectivity index (χ1v) is 21.4. The SMILES string of the molecule is CC(C)(C)OC(=O)CCC(CO)NC(=O)c1cccc(CNC(=O)C23CC4OC(=O)C2N(Cc2ccc(C=CC(=O)OCC(F)(F)F)cc2)OC3C2OC(C3CC3)(C3CC3)OC42)c1. The minimum atomic E-state index is -4.65. The van der Waals surface area contributed by atoms with Gasteiger partial charge in [0, 0.05) is 42.9 Å². The molecule has 2 amide bonds. The fourth-order valence-electron chi connectivity index (χ4n) is 9.28. The zero-order chi connectivity index (χ0) is 44.9. The van der Waals surface area contributed by atoms with Gasteiger partial charge in [-0.25, -0.2) is 4.79 Å². The number of nitrogens with one attached hydrogen (secondary N) is 2. The van der Waals surface area contributed by atoms with Crippen molar-refractivity contribution >= 4 is 35.8 Å². The number of alkyl halides is 3. The van der Waals surface area contributed by atoms with E-state index in [1.54, 1.807) is 69.3 Å². The Morgan fingerprint density at radius 1 is 0.984 bits per heavy atom. The van der Waals surface area contributed by atoms with E-state index in [4.69, 9.17) is 23.8 Å². The Morgan fingerprint density at radius 3 is 2.33 bits per heavy atom. The summed E-state index contributed by atoms with van der Waals surface area (Å²) in [6, 6.07) is 11.4. The second-order valence-corrected chi connectivity index (χ2v) is 18.3. The van der Waals surface area contributed by atoms with Crippen LogP contribution in [0.2, 0.25) is 0 Å². The molecule has 7 unspecified atom stereocenters. The standard InChI is InChI=1S/C45H52F3N3O12/c1-42(2,3)60-34(54)18-16-31(23-52)50-39(55)28-6-4-5-27(19-28)21-49-41(57)43-20-32-35-36(62-45(61-35,29-12-13-29)30-14-15-30)38(43)63-51(37(43)40(56)59-32)22-26-9-7-25(8-10-26)11-17-33(53)58-24-44(46,47)48/h4-11,17,19,29-32,35-38,52H,12-16,18,20-24H2,1-3H3,(H,49,57)(H,50,55). The predicted molar refractivity (Wildman–Crippen MR) is 213 cm³/mol. The van der Waals surface area contributed by atoms with Crippen LogP contribution in [0.5, 0.6) is 0 Å². The molecule has 3 saturated heterocycles. The van der Waals surface area contributed by atoms with Crippen LogP contribution in [0.3, 0.4) is 0 Å². The van der Waals surface area contributed by atoms with Crippen LogP contribution in [-0.4, -0.2) is 107 Å². The molecule has 0 aromatic heterocycles. The maximum Gasteiger partial charge on any atom is 0.422 e. The van der Waals surface area contributed by atoms with Crippen molar-refractivity contribution in [3.8, 4) is 0 Å². The molecule has 2 aromatic rings. The van der Waals surface area contributed by atoms with Gasteiger partial charge in [0.25, 0.3) is 5.91 Å². The number of aliphatic hydroxyl groups is 1. The molecule has 3 heterocycles. The molecule has 3 saturated carbocycles. The van der Waals surface area contributed by atoms with Crippen LogP contribution in [0.1, 0.15) is 92.8 Å². The molecular formula is C45H52F3N3O12. The van der Waals surface area contributed by atoms with E-state index in [0.29, 0.717) is 16.7 Å². The Labute approximate surface area is 361 Å². The summed E-state index contributed by atoms with van der Waals surface area (Å²) in [6.07, 6.45) is -1.51. The number of fused-ring (bicyclic) bond motifs is 4. The zero-order valence-electron chi connectivity index (χ0n) is 35.2. The second kappa shape index (κ2) is 17.3. The zero-order valence-corrected chi connectivity index (χ0v) is 35.2. The number of hydroxylamine groups is 2. The molecule has 340 valence electrons. The summed E-state index contributed by atoms with van der Waals surface area (Å²) in [5.74, 6) is -3.67. The maximum absolute atomic E-state index is 14.9. The van der Waals surface area contributed by atoms with Gasteiger partial charge in [-0.1, -0.05) is 36.4 Å². The molecule has 6 fully saturated rings. The van der Waals surface area contributed by atoms with Crippen molar-refractivity contribution in [1.29, 1.82) is 0 Å². The van der Waals surface area contributed by atoms with E-state index in [0.717, 1.165) is 31.8 Å². The molecule has 15 nitrogen and oxygen atoms in total. The van der Waals surface area contributed by atoms with Gasteiger partial charge in [0.1, 0.15) is 35.4 Å². The summed E-state index contributed by atoms with van der Waals surface area (Å²) in [6.45, 7) is 3.19. The van der Waals surface area contributed by atoms with Crippen molar-refractivity contribution in [2.75, 3.05) is 13.2 Å². The number of amides is 2. The highest BCUT2D eigenvalue weighted by molar-refractivity contribution is 5.95. The van der Waals surface area contributed by atoms with Gasteiger partial charge in [-0.2, -0.15) is 18.2 Å². The third-order valence-corrected chi connectivity index (χ3v) is 12.3. The van der Waals surface area contributed by atoms with Gasteiger partial charge < -0.3 is 39.4 Å². The van der Waals surface area contributed by atoms with Gasteiger partial charge >= 0.3 is 24.1 Å². The topological polar surface area (TPSA) is 188 Å². The highest BCUT2D eigenvalue weighted by Crippen LogP contribution is 2.63. The lowest BCUT2D eigenvalue weighted by Crippen LogP contribution is -2.69. The molecular weight excluding hydrogens is 831 g/mol. The molecule has 7 atom stereocenters. The summed E-state index contributed by atoms with van der Waals surface area (Å²) >= 11 is 0. The van der Waals surface area contributed by atoms with Crippen molar-refractivity contribution in [1.82, 2.24) is 15.7 Å². The van der Waals surface area contributed by atoms with Crippen LogP contribution >= 0.6 is 0 Å². The van der Waals surface area contributed by atoms with Crippen LogP contribution in [0.25, 0.3) is 6.08 Å². The number of aliphatic hydroxyl groups excluding tert-OH is 1. The van der Waals surface area contributed by atoms with E-state index in [9.17, 15) is 42.3 Å². The summed E-state index contributed by atoms with van der Waals surface area (Å²) in [5, 5.41) is 17.2. The first-order valence-electron chi connectivity index (χ1n) is 21.4. The molecule has 0 radical (unpaired) electrons. The molecule has 18 heteroatoms. The minimum absolute atomic E-state index is 0.00237. The minimum Gasteiger partial charge on any atom is -0.460 e. The summed E-state index contributed by atoms with van der Waals surface area (Å²) in [7, 11) is 0. The lowest BCUT2D eigenvalue weighted by atomic mass is 9.62. The number of esters is 3. The summed E-state index contributed by atoms with van der Waals surface area (Å²) in [4.78, 5) is 73.0. The summed E-state index contributed by atoms with van der Waals surface area (Å²) in [5.41, 5.74) is -0.129. The van der Waals surface area contributed by atoms with Crippen molar-refractivity contribution < 1.29 is 70.8 Å². The number of hydrogen-bond donors (Lipinski definition) is 3. The van der Waals surface area contributed by atoms with Gasteiger partial charge in [0.05, 0.1) is 19.2 Å². The van der Waals surface area contributed by atoms with E-state index in [-0.39, 0.29) is 49.8 Å². The number of rotatable bonds is 16. The van der Waals surface area contributed by atoms with E-state index in [1.165, 1.54) is 11.1 Å². The van der Waals surface area contributed by atoms with Crippen molar-refractivity contribution in [3.63, 3.8) is 0 Å². The first kappa shape index (κ1) is 44.7. The van der Waals surface area contributed by atoms with Gasteiger partial charge in [-0.05, 0) is 87.8 Å². The van der Waals surface area contributed by atoms with Crippen LogP contribution in [-0.2, 0) is 60.8 Å². The number of carbonyl (C=O) groups excluding carboxylic acids is 5. The fraction of sp³-hybridized carbons (Fsp3) is 0.578. The Bertz CT molecular complexity index is 2110. The highest BCUT2D eigenvalue weighted by Gasteiger charge is 2.78. The maximum atomic E-state index is 14.9. The molecule has 8 rings (SSSR count). The lowest BCUT2D eigenvalue weighted by Gasteiger charge is -2.48. The molecule has 2 bridgehead atoms. The summed E-state index contributed by atoms with van der Waals surface area (Å²) < 4.78 is 66.7. The van der Waals surface area contributed by atoms with E-state index >= 15 is 0 Å². The molecule has 3 aliphatic heterocycles. The molecule has 0 spiro atoms. The Hall–Kier alpha value is -4.88. The van der Waals surface area contributed by atoms with Gasteiger partial charge in [0.2, 0.25) is 5.91 Å². The number of carbonyl (C=O) groups is 5. The lowest BCUT2D eigenvalue weighted by molar-refractivity contribution is -0.235. The number of halogens is 3. The van der Waals surface area contributed by atoms with Crippen molar-refractivity contribution in [2.45, 2.75) is 133 Å². The molecule has 6 aliphatic rings. The third kappa shape index (κ3) is 9.65. The largest absolute Gasteiger partial charge is 0.460 e.